The zero-order valence-corrected chi connectivity index (χ0v) is 8.79. The maximum Gasteiger partial charge on any atom is 0.350 e. The number of nitrogens with zero attached hydrogens (tertiary/aromatic N) is 1. The molecule has 0 fully saturated rings. The van der Waals surface area contributed by atoms with Crippen LogP contribution in [0.1, 0.15) is 20.8 Å². The van der Waals surface area contributed by atoms with Crippen molar-refractivity contribution < 1.29 is 19.1 Å². The lowest BCUT2D eigenvalue weighted by molar-refractivity contribution is -0.146. The van der Waals surface area contributed by atoms with Gasteiger partial charge in [0.25, 0.3) is 0 Å². The molecule has 1 aliphatic rings. The zero-order chi connectivity index (χ0) is 11.6. The summed E-state index contributed by atoms with van der Waals surface area (Å²) in [4.78, 5) is 22.7. The van der Waals surface area contributed by atoms with Crippen LogP contribution in [0.3, 0.4) is 0 Å². The lowest BCUT2D eigenvalue weighted by Crippen LogP contribution is -2.28. The first kappa shape index (κ1) is 11.2. The van der Waals surface area contributed by atoms with E-state index in [1.165, 1.54) is 0 Å². The van der Waals surface area contributed by atoms with E-state index in [4.69, 9.17) is 14.7 Å². The number of nitriles is 1. The second kappa shape index (κ2) is 3.73. The Balaban J connectivity index is 3.20. The minimum Gasteiger partial charge on any atom is -0.462 e. The van der Waals surface area contributed by atoms with E-state index in [0.29, 0.717) is 0 Å². The van der Waals surface area contributed by atoms with Crippen LogP contribution in [-0.4, -0.2) is 24.1 Å². The summed E-state index contributed by atoms with van der Waals surface area (Å²) in [6.45, 7) is 4.92. The number of carbonyl (C=O) groups is 2. The van der Waals surface area contributed by atoms with Gasteiger partial charge in [-0.05, 0) is 20.8 Å². The standard InChI is InChI=1S/C10H11NO4/c1-4-14-9(13)7-6(5-11)8(12)15-10(7,2)3/h4H2,1-3H3. The summed E-state index contributed by atoms with van der Waals surface area (Å²) < 4.78 is 9.66. The van der Waals surface area contributed by atoms with Crippen LogP contribution in [0.5, 0.6) is 0 Å². The first-order valence-electron chi connectivity index (χ1n) is 4.49. The average molecular weight is 209 g/mol. The van der Waals surface area contributed by atoms with Crippen LogP contribution in [0, 0.1) is 11.3 Å². The number of ether oxygens (including phenoxy) is 2. The molecule has 0 bridgehead atoms. The highest BCUT2D eigenvalue weighted by atomic mass is 16.6. The van der Waals surface area contributed by atoms with Gasteiger partial charge in [0.2, 0.25) is 0 Å². The van der Waals surface area contributed by atoms with Crippen molar-refractivity contribution in [2.24, 2.45) is 0 Å². The molecule has 0 atom stereocenters. The van der Waals surface area contributed by atoms with Crippen molar-refractivity contribution in [2.45, 2.75) is 26.4 Å². The van der Waals surface area contributed by atoms with Gasteiger partial charge in [0, 0.05) is 0 Å². The summed E-state index contributed by atoms with van der Waals surface area (Å²) in [5, 5.41) is 8.74. The Kier molecular flexibility index (Phi) is 2.80. The maximum atomic E-state index is 11.5. The summed E-state index contributed by atoms with van der Waals surface area (Å²) in [6, 6.07) is 1.66. The van der Waals surface area contributed by atoms with Crippen molar-refractivity contribution in [3.05, 3.63) is 11.1 Å². The van der Waals surface area contributed by atoms with Crippen LogP contribution in [0.25, 0.3) is 0 Å². The fourth-order valence-corrected chi connectivity index (χ4v) is 1.39. The van der Waals surface area contributed by atoms with Gasteiger partial charge in [-0.1, -0.05) is 0 Å². The molecular formula is C10H11NO4. The number of esters is 2. The Labute approximate surface area is 87.3 Å². The molecule has 0 saturated heterocycles. The van der Waals surface area contributed by atoms with Gasteiger partial charge in [-0.3, -0.25) is 0 Å². The van der Waals surface area contributed by atoms with Gasteiger partial charge in [-0.25, -0.2) is 9.59 Å². The van der Waals surface area contributed by atoms with Crippen LogP contribution in [0.15, 0.2) is 11.1 Å². The van der Waals surface area contributed by atoms with Gasteiger partial charge in [-0.2, -0.15) is 5.26 Å². The summed E-state index contributed by atoms with van der Waals surface area (Å²) in [5.74, 6) is -1.45. The van der Waals surface area contributed by atoms with E-state index in [1.54, 1.807) is 26.8 Å². The quantitative estimate of drug-likeness (QED) is 0.626. The highest BCUT2D eigenvalue weighted by Gasteiger charge is 2.45. The van der Waals surface area contributed by atoms with E-state index >= 15 is 0 Å². The monoisotopic (exact) mass is 209 g/mol. The maximum absolute atomic E-state index is 11.5. The van der Waals surface area contributed by atoms with Crippen LogP contribution >= 0.6 is 0 Å². The number of rotatable bonds is 2. The molecule has 0 aromatic rings. The third-order valence-electron chi connectivity index (χ3n) is 2.00. The van der Waals surface area contributed by atoms with Gasteiger partial charge in [-0.15, -0.1) is 0 Å². The van der Waals surface area contributed by atoms with Gasteiger partial charge in [0.15, 0.2) is 5.57 Å². The second-order valence-corrected chi connectivity index (χ2v) is 3.48. The van der Waals surface area contributed by atoms with Crippen molar-refractivity contribution in [1.29, 1.82) is 5.26 Å². The fourth-order valence-electron chi connectivity index (χ4n) is 1.39. The molecule has 0 amide bonds. The SMILES string of the molecule is CCOC(=O)C1=C(C#N)C(=O)OC1(C)C. The van der Waals surface area contributed by atoms with Crippen molar-refractivity contribution in [3.63, 3.8) is 0 Å². The van der Waals surface area contributed by atoms with Gasteiger partial charge in [0.05, 0.1) is 6.61 Å². The lowest BCUT2D eigenvalue weighted by Gasteiger charge is -2.19. The van der Waals surface area contributed by atoms with E-state index < -0.39 is 17.5 Å². The molecule has 5 nitrogen and oxygen atoms in total. The highest BCUT2D eigenvalue weighted by Crippen LogP contribution is 2.32. The molecule has 0 unspecified atom stereocenters. The average Bonchev–Trinajstić information content (AvgIpc) is 2.35. The molecule has 80 valence electrons. The van der Waals surface area contributed by atoms with Crippen molar-refractivity contribution in [3.8, 4) is 6.07 Å². The smallest absolute Gasteiger partial charge is 0.350 e. The minimum atomic E-state index is -1.09. The van der Waals surface area contributed by atoms with Gasteiger partial charge < -0.3 is 9.47 Å². The van der Waals surface area contributed by atoms with Crippen LogP contribution in [0.4, 0.5) is 0 Å². The van der Waals surface area contributed by atoms with Gasteiger partial charge in [0.1, 0.15) is 17.2 Å². The molecule has 0 saturated carbocycles. The van der Waals surface area contributed by atoms with Crippen molar-refractivity contribution in [1.82, 2.24) is 0 Å². The zero-order valence-electron chi connectivity index (χ0n) is 8.79. The normalized spacial score (nSPS) is 18.4. The number of carbonyl (C=O) groups excluding carboxylic acids is 2. The Morgan fingerprint density at radius 2 is 2.20 bits per heavy atom. The minimum absolute atomic E-state index is 0.00292. The first-order valence-corrected chi connectivity index (χ1v) is 4.49. The Morgan fingerprint density at radius 3 is 2.67 bits per heavy atom. The Bertz CT molecular complexity index is 387. The summed E-state index contributed by atoms with van der Waals surface area (Å²) >= 11 is 0. The van der Waals surface area contributed by atoms with E-state index in [1.807, 2.05) is 0 Å². The van der Waals surface area contributed by atoms with E-state index in [0.717, 1.165) is 0 Å². The van der Waals surface area contributed by atoms with Crippen LogP contribution in [-0.2, 0) is 19.1 Å². The number of hydrogen-bond donors (Lipinski definition) is 0. The molecular weight excluding hydrogens is 198 g/mol. The Hall–Kier alpha value is -1.83. The lowest BCUT2D eigenvalue weighted by atomic mass is 9.96. The predicted octanol–water partition coefficient (Wildman–Crippen LogP) is 0.705. The van der Waals surface area contributed by atoms with Crippen LogP contribution < -0.4 is 0 Å². The van der Waals surface area contributed by atoms with Gasteiger partial charge >= 0.3 is 11.9 Å². The molecule has 0 aromatic heterocycles. The van der Waals surface area contributed by atoms with Crippen molar-refractivity contribution in [2.75, 3.05) is 6.61 Å². The summed E-state index contributed by atoms with van der Waals surface area (Å²) in [5.41, 5.74) is -1.36. The summed E-state index contributed by atoms with van der Waals surface area (Å²) in [6.07, 6.45) is 0. The largest absolute Gasteiger partial charge is 0.462 e. The predicted molar refractivity (Wildman–Crippen MR) is 49.4 cm³/mol. The molecule has 5 heteroatoms. The molecule has 1 rings (SSSR count). The molecule has 1 aliphatic heterocycles. The second-order valence-electron chi connectivity index (χ2n) is 3.48. The molecule has 0 N–H and O–H groups in total. The molecule has 0 radical (unpaired) electrons. The Morgan fingerprint density at radius 1 is 1.60 bits per heavy atom. The van der Waals surface area contributed by atoms with Crippen LogP contribution in [0.2, 0.25) is 0 Å². The highest BCUT2D eigenvalue weighted by molar-refractivity contribution is 6.07. The van der Waals surface area contributed by atoms with E-state index in [9.17, 15) is 9.59 Å². The van der Waals surface area contributed by atoms with E-state index in [2.05, 4.69) is 0 Å². The molecule has 15 heavy (non-hydrogen) atoms. The molecule has 1 heterocycles. The third kappa shape index (κ3) is 1.84. The van der Waals surface area contributed by atoms with E-state index in [-0.39, 0.29) is 17.8 Å². The first-order chi connectivity index (χ1) is 6.94. The number of hydrogen-bond acceptors (Lipinski definition) is 5. The molecule has 0 aromatic carbocycles. The summed E-state index contributed by atoms with van der Waals surface area (Å²) in [7, 11) is 0. The molecule has 0 aliphatic carbocycles. The van der Waals surface area contributed by atoms with Crippen molar-refractivity contribution >= 4 is 11.9 Å². The number of cyclic esters (lactones) is 1. The topological polar surface area (TPSA) is 76.4 Å². The molecule has 0 spiro atoms. The third-order valence-corrected chi connectivity index (χ3v) is 2.00. The fraction of sp³-hybridized carbons (Fsp3) is 0.500.